The van der Waals surface area contributed by atoms with Crippen molar-refractivity contribution in [2.75, 3.05) is 0 Å². The van der Waals surface area contributed by atoms with Crippen LogP contribution in [0.3, 0.4) is 0 Å². The Morgan fingerprint density at radius 1 is 0.720 bits per heavy atom. The summed E-state index contributed by atoms with van der Waals surface area (Å²) in [6.45, 7) is 6.06. The maximum absolute atomic E-state index is 11.5. The van der Waals surface area contributed by atoms with Gasteiger partial charge in [0.1, 0.15) is 0 Å². The van der Waals surface area contributed by atoms with Gasteiger partial charge in [0.25, 0.3) is 0 Å². The van der Waals surface area contributed by atoms with Crippen molar-refractivity contribution in [1.29, 1.82) is 0 Å². The summed E-state index contributed by atoms with van der Waals surface area (Å²) >= 11 is 0. The predicted octanol–water partition coefficient (Wildman–Crippen LogP) is -0.184. The molecule has 10 nitrogen and oxygen atoms in total. The number of ether oxygens (including phenoxy) is 6. The zero-order chi connectivity index (χ0) is 18.9. The third-order valence-electron chi connectivity index (χ3n) is 3.63. The Hall–Kier alpha value is -2.20. The van der Waals surface area contributed by atoms with Crippen LogP contribution in [0.15, 0.2) is 0 Å². The molecule has 2 bridgehead atoms. The van der Waals surface area contributed by atoms with E-state index in [-0.39, 0.29) is 0 Å². The standard InChI is InChI=1S/C15H20O10/c1-6(16)20-10-11(21-7(2)17)13(22-8(3)18)15(5)24-12(10)14(25-15)23-9(4)19/h10-14H,1-5H3/t10-,11-,12+,13-,14+,15+/m0/s1. The second kappa shape index (κ2) is 6.96. The topological polar surface area (TPSA) is 124 Å². The number of esters is 4. The lowest BCUT2D eigenvalue weighted by atomic mass is 9.94. The van der Waals surface area contributed by atoms with Gasteiger partial charge in [-0.3, -0.25) is 19.2 Å². The quantitative estimate of drug-likeness (QED) is 0.492. The Bertz CT molecular complexity index is 587. The van der Waals surface area contributed by atoms with Gasteiger partial charge in [-0.25, -0.2) is 0 Å². The highest BCUT2D eigenvalue weighted by atomic mass is 16.9. The molecule has 0 N–H and O–H groups in total. The first-order chi connectivity index (χ1) is 11.5. The first kappa shape index (κ1) is 19.1. The van der Waals surface area contributed by atoms with Crippen LogP contribution >= 0.6 is 0 Å². The van der Waals surface area contributed by atoms with E-state index in [0.717, 1.165) is 20.8 Å². The molecule has 140 valence electrons. The molecule has 2 heterocycles. The molecule has 2 fully saturated rings. The summed E-state index contributed by atoms with van der Waals surface area (Å²) in [4.78, 5) is 45.8. The van der Waals surface area contributed by atoms with E-state index in [1.165, 1.54) is 13.8 Å². The Labute approximate surface area is 143 Å². The third kappa shape index (κ3) is 4.07. The molecule has 0 unspecified atom stereocenters. The van der Waals surface area contributed by atoms with Crippen LogP contribution in [0, 0.1) is 0 Å². The molecule has 0 spiro atoms. The summed E-state index contributed by atoms with van der Waals surface area (Å²) in [5, 5.41) is 0. The largest absolute Gasteiger partial charge is 0.455 e. The van der Waals surface area contributed by atoms with E-state index in [9.17, 15) is 19.2 Å². The highest BCUT2D eigenvalue weighted by Gasteiger charge is 2.66. The summed E-state index contributed by atoms with van der Waals surface area (Å²) in [5.41, 5.74) is 0. The average Bonchev–Trinajstić information content (AvgIpc) is 2.72. The molecule has 0 saturated carbocycles. The fourth-order valence-electron chi connectivity index (χ4n) is 2.92. The Balaban J connectivity index is 2.44. The number of hydrogen-bond acceptors (Lipinski definition) is 10. The zero-order valence-electron chi connectivity index (χ0n) is 14.5. The molecule has 25 heavy (non-hydrogen) atoms. The molecule has 2 rings (SSSR count). The highest BCUT2D eigenvalue weighted by Crippen LogP contribution is 2.44. The van der Waals surface area contributed by atoms with E-state index in [2.05, 4.69) is 0 Å². The van der Waals surface area contributed by atoms with Crippen molar-refractivity contribution in [2.45, 2.75) is 71.1 Å². The van der Waals surface area contributed by atoms with Gasteiger partial charge in [-0.05, 0) is 6.92 Å². The number of fused-ring (bicyclic) bond motifs is 2. The minimum atomic E-state index is -1.56. The van der Waals surface area contributed by atoms with Crippen molar-refractivity contribution in [3.05, 3.63) is 0 Å². The molecule has 0 aromatic heterocycles. The molecule has 0 amide bonds. The molecule has 2 aliphatic rings. The lowest BCUT2D eigenvalue weighted by molar-refractivity contribution is -0.297. The van der Waals surface area contributed by atoms with Crippen LogP contribution in [0.5, 0.6) is 0 Å². The van der Waals surface area contributed by atoms with Crippen molar-refractivity contribution in [3.63, 3.8) is 0 Å². The molecule has 0 aliphatic carbocycles. The SMILES string of the molecule is CC(=O)O[C@@H]1O[C@@]2(C)O[C@@H]1[C@@H](OC(C)=O)[C@H](OC(C)=O)[C@@H]2OC(C)=O. The van der Waals surface area contributed by atoms with Gasteiger partial charge in [-0.15, -0.1) is 0 Å². The summed E-state index contributed by atoms with van der Waals surface area (Å²) in [7, 11) is 0. The summed E-state index contributed by atoms with van der Waals surface area (Å²) in [6, 6.07) is 0. The maximum Gasteiger partial charge on any atom is 0.305 e. The lowest BCUT2D eigenvalue weighted by Gasteiger charge is -2.42. The molecular formula is C15H20O10. The van der Waals surface area contributed by atoms with Crippen LogP contribution in [-0.2, 0) is 47.6 Å². The first-order valence-electron chi connectivity index (χ1n) is 7.58. The van der Waals surface area contributed by atoms with Crippen LogP contribution in [0.4, 0.5) is 0 Å². The number of carbonyl (C=O) groups excluding carboxylic acids is 4. The van der Waals surface area contributed by atoms with Crippen LogP contribution in [0.2, 0.25) is 0 Å². The van der Waals surface area contributed by atoms with E-state index < -0.39 is 60.4 Å². The third-order valence-corrected chi connectivity index (χ3v) is 3.63. The van der Waals surface area contributed by atoms with Crippen LogP contribution in [-0.4, -0.2) is 60.4 Å². The molecule has 0 aromatic carbocycles. The Morgan fingerprint density at radius 3 is 1.68 bits per heavy atom. The highest BCUT2D eigenvalue weighted by molar-refractivity contribution is 5.69. The van der Waals surface area contributed by atoms with E-state index in [4.69, 9.17) is 28.4 Å². The molecule has 0 radical (unpaired) electrons. The number of hydrogen-bond donors (Lipinski definition) is 0. The molecular weight excluding hydrogens is 340 g/mol. The van der Waals surface area contributed by atoms with Crippen molar-refractivity contribution < 1.29 is 47.6 Å². The van der Waals surface area contributed by atoms with Crippen molar-refractivity contribution in [3.8, 4) is 0 Å². The normalized spacial score (nSPS) is 36.3. The molecule has 10 heteroatoms. The smallest absolute Gasteiger partial charge is 0.305 e. The maximum atomic E-state index is 11.5. The monoisotopic (exact) mass is 360 g/mol. The van der Waals surface area contributed by atoms with E-state index in [1.54, 1.807) is 0 Å². The van der Waals surface area contributed by atoms with Crippen molar-refractivity contribution in [2.24, 2.45) is 0 Å². The Morgan fingerprint density at radius 2 is 1.20 bits per heavy atom. The van der Waals surface area contributed by atoms with Gasteiger partial charge in [0, 0.05) is 27.7 Å². The second-order valence-electron chi connectivity index (χ2n) is 5.87. The minimum absolute atomic E-state index is 0.653. The van der Waals surface area contributed by atoms with Gasteiger partial charge < -0.3 is 28.4 Å². The van der Waals surface area contributed by atoms with E-state index >= 15 is 0 Å². The van der Waals surface area contributed by atoms with E-state index in [1.807, 2.05) is 0 Å². The van der Waals surface area contributed by atoms with Gasteiger partial charge >= 0.3 is 23.9 Å². The van der Waals surface area contributed by atoms with Crippen molar-refractivity contribution >= 4 is 23.9 Å². The van der Waals surface area contributed by atoms with Crippen LogP contribution < -0.4 is 0 Å². The fourth-order valence-corrected chi connectivity index (χ4v) is 2.92. The molecule has 2 aliphatic heterocycles. The minimum Gasteiger partial charge on any atom is -0.455 e. The predicted molar refractivity (Wildman–Crippen MR) is 76.6 cm³/mol. The average molecular weight is 360 g/mol. The second-order valence-corrected chi connectivity index (χ2v) is 5.87. The lowest BCUT2D eigenvalue weighted by Crippen LogP contribution is -2.63. The fraction of sp³-hybridized carbons (Fsp3) is 0.733. The molecule has 0 aromatic rings. The van der Waals surface area contributed by atoms with Crippen LogP contribution in [0.25, 0.3) is 0 Å². The van der Waals surface area contributed by atoms with Gasteiger partial charge in [-0.1, -0.05) is 0 Å². The van der Waals surface area contributed by atoms with Gasteiger partial charge in [0.05, 0.1) is 0 Å². The van der Waals surface area contributed by atoms with Gasteiger partial charge in [0.15, 0.2) is 24.4 Å². The van der Waals surface area contributed by atoms with Gasteiger partial charge in [-0.2, -0.15) is 0 Å². The Kier molecular flexibility index (Phi) is 5.33. The van der Waals surface area contributed by atoms with Crippen molar-refractivity contribution in [1.82, 2.24) is 0 Å². The van der Waals surface area contributed by atoms with E-state index in [0.29, 0.717) is 0 Å². The molecule has 6 atom stereocenters. The summed E-state index contributed by atoms with van der Waals surface area (Å²) in [5.74, 6) is -4.28. The number of carbonyl (C=O) groups is 4. The number of rotatable bonds is 4. The van der Waals surface area contributed by atoms with Gasteiger partial charge in [0.2, 0.25) is 12.1 Å². The van der Waals surface area contributed by atoms with Crippen LogP contribution in [0.1, 0.15) is 34.6 Å². The summed E-state index contributed by atoms with van der Waals surface area (Å²) < 4.78 is 32.0. The molecule has 2 saturated heterocycles. The first-order valence-corrected chi connectivity index (χ1v) is 7.58. The summed E-state index contributed by atoms with van der Waals surface area (Å²) in [6.07, 6.45) is -5.94. The zero-order valence-corrected chi connectivity index (χ0v) is 14.5.